The second-order valence-electron chi connectivity index (χ2n) is 12.9. The van der Waals surface area contributed by atoms with E-state index in [-0.39, 0.29) is 0 Å². The molecule has 0 unspecified atom stereocenters. The zero-order valence-corrected chi connectivity index (χ0v) is 28.2. The largest absolute Gasteiger partial charge is 0.311 e. The van der Waals surface area contributed by atoms with E-state index in [1.165, 1.54) is 66.1 Å². The molecule has 0 aliphatic carbocycles. The summed E-state index contributed by atoms with van der Waals surface area (Å²) in [6, 6.07) is 76.5. The van der Waals surface area contributed by atoms with Crippen molar-refractivity contribution < 1.29 is 0 Å². The van der Waals surface area contributed by atoms with Gasteiger partial charge in [-0.3, -0.25) is 0 Å². The SMILES string of the molecule is c1ccc(-c2ccc(N(c3ccccc3)c3ccc(-c4ccc5c(-c6ccccc6)c(-c6ccccc6)c6ccccc6c5c4)cc3)cc2)cc1. The number of para-hydroxylation sites is 1. The molecule has 1 nitrogen and oxygen atoms in total. The lowest BCUT2D eigenvalue weighted by molar-refractivity contribution is 1.28. The van der Waals surface area contributed by atoms with Crippen LogP contribution in [0.2, 0.25) is 0 Å². The minimum atomic E-state index is 1.11. The van der Waals surface area contributed by atoms with E-state index in [1.807, 2.05) is 0 Å². The van der Waals surface area contributed by atoms with Gasteiger partial charge >= 0.3 is 0 Å². The molecule has 0 aromatic heterocycles. The lowest BCUT2D eigenvalue weighted by Crippen LogP contribution is -2.09. The molecule has 9 aromatic rings. The summed E-state index contributed by atoms with van der Waals surface area (Å²) in [6.07, 6.45) is 0. The summed E-state index contributed by atoms with van der Waals surface area (Å²) in [7, 11) is 0. The van der Waals surface area contributed by atoms with Gasteiger partial charge in [0.05, 0.1) is 0 Å². The fourth-order valence-corrected chi connectivity index (χ4v) is 7.44. The number of hydrogen-bond donors (Lipinski definition) is 0. The van der Waals surface area contributed by atoms with Gasteiger partial charge in [-0.1, -0.05) is 170 Å². The van der Waals surface area contributed by atoms with Crippen molar-refractivity contribution in [1.29, 1.82) is 0 Å². The topological polar surface area (TPSA) is 3.24 Å². The van der Waals surface area contributed by atoms with Crippen molar-refractivity contribution in [3.8, 4) is 44.5 Å². The first-order chi connectivity index (χ1) is 25.3. The Morgan fingerprint density at radius 2 is 0.569 bits per heavy atom. The van der Waals surface area contributed by atoms with Gasteiger partial charge in [0.2, 0.25) is 0 Å². The Labute approximate surface area is 299 Å². The molecular formula is C50H35N. The molecular weight excluding hydrogens is 615 g/mol. The predicted molar refractivity (Wildman–Crippen MR) is 218 cm³/mol. The zero-order chi connectivity index (χ0) is 34.0. The van der Waals surface area contributed by atoms with Crippen LogP contribution in [0.5, 0.6) is 0 Å². The third kappa shape index (κ3) is 5.75. The maximum absolute atomic E-state index is 2.38. The second-order valence-corrected chi connectivity index (χ2v) is 12.9. The Kier molecular flexibility index (Phi) is 7.92. The highest BCUT2D eigenvalue weighted by Crippen LogP contribution is 2.45. The van der Waals surface area contributed by atoms with Crippen LogP contribution in [-0.2, 0) is 0 Å². The van der Waals surface area contributed by atoms with Gasteiger partial charge in [0.1, 0.15) is 0 Å². The number of fused-ring (bicyclic) bond motifs is 3. The average Bonchev–Trinajstić information content (AvgIpc) is 3.22. The first kappa shape index (κ1) is 30.4. The number of nitrogens with zero attached hydrogens (tertiary/aromatic N) is 1. The van der Waals surface area contributed by atoms with E-state index in [0.717, 1.165) is 17.1 Å². The van der Waals surface area contributed by atoms with Crippen LogP contribution >= 0.6 is 0 Å². The molecule has 0 aliphatic heterocycles. The zero-order valence-electron chi connectivity index (χ0n) is 28.2. The maximum atomic E-state index is 2.38. The Balaban J connectivity index is 1.15. The summed E-state index contributed by atoms with van der Waals surface area (Å²) < 4.78 is 0. The van der Waals surface area contributed by atoms with Crippen LogP contribution < -0.4 is 4.90 Å². The van der Waals surface area contributed by atoms with Gasteiger partial charge in [-0.05, 0) is 109 Å². The van der Waals surface area contributed by atoms with Crippen LogP contribution in [0.15, 0.2) is 212 Å². The number of anilines is 3. The van der Waals surface area contributed by atoms with Gasteiger partial charge in [-0.15, -0.1) is 0 Å². The smallest absolute Gasteiger partial charge is 0.0462 e. The number of hydrogen-bond acceptors (Lipinski definition) is 1. The molecule has 9 rings (SSSR count). The molecule has 0 fully saturated rings. The van der Waals surface area contributed by atoms with E-state index in [9.17, 15) is 0 Å². The summed E-state index contributed by atoms with van der Waals surface area (Å²) >= 11 is 0. The second kappa shape index (κ2) is 13.3. The molecule has 0 spiro atoms. The third-order valence-electron chi connectivity index (χ3n) is 9.86. The Morgan fingerprint density at radius 3 is 1.10 bits per heavy atom. The monoisotopic (exact) mass is 649 g/mol. The van der Waals surface area contributed by atoms with Crippen molar-refractivity contribution in [3.63, 3.8) is 0 Å². The van der Waals surface area contributed by atoms with E-state index < -0.39 is 0 Å². The van der Waals surface area contributed by atoms with Gasteiger partial charge in [0.25, 0.3) is 0 Å². The molecule has 0 heterocycles. The van der Waals surface area contributed by atoms with Gasteiger partial charge in [0, 0.05) is 17.1 Å². The molecule has 0 amide bonds. The summed E-state index contributed by atoms with van der Waals surface area (Å²) in [4.78, 5) is 2.32. The van der Waals surface area contributed by atoms with Crippen LogP contribution in [0.4, 0.5) is 17.1 Å². The van der Waals surface area contributed by atoms with Crippen molar-refractivity contribution in [2.24, 2.45) is 0 Å². The van der Waals surface area contributed by atoms with Gasteiger partial charge in [0.15, 0.2) is 0 Å². The van der Waals surface area contributed by atoms with E-state index in [1.54, 1.807) is 0 Å². The van der Waals surface area contributed by atoms with E-state index in [2.05, 4.69) is 217 Å². The Bertz CT molecular complexity index is 2580. The standard InChI is InChI=1S/C50H35N/c1-5-15-36(16-6-1)37-25-30-43(31-26-37)51(42-21-11-4-12-22-42)44-32-27-38(28-33-44)41-29-34-47-48(35-41)45-23-13-14-24-46(45)49(39-17-7-2-8-18-39)50(47)40-19-9-3-10-20-40/h1-35H. The fraction of sp³-hybridized carbons (Fsp3) is 0. The molecule has 0 radical (unpaired) electrons. The lowest BCUT2D eigenvalue weighted by Gasteiger charge is -2.26. The van der Waals surface area contributed by atoms with Crippen molar-refractivity contribution in [3.05, 3.63) is 212 Å². The number of rotatable bonds is 7. The van der Waals surface area contributed by atoms with E-state index in [4.69, 9.17) is 0 Å². The highest BCUT2D eigenvalue weighted by atomic mass is 15.1. The lowest BCUT2D eigenvalue weighted by atomic mass is 9.84. The Morgan fingerprint density at radius 1 is 0.216 bits per heavy atom. The normalized spacial score (nSPS) is 11.1. The molecule has 240 valence electrons. The van der Waals surface area contributed by atoms with Gasteiger partial charge < -0.3 is 4.90 Å². The van der Waals surface area contributed by atoms with Crippen molar-refractivity contribution >= 4 is 38.6 Å². The molecule has 0 bridgehead atoms. The van der Waals surface area contributed by atoms with Gasteiger partial charge in [-0.2, -0.15) is 0 Å². The van der Waals surface area contributed by atoms with Gasteiger partial charge in [-0.25, -0.2) is 0 Å². The van der Waals surface area contributed by atoms with Crippen LogP contribution in [0.3, 0.4) is 0 Å². The Hall–Kier alpha value is -6.70. The van der Waals surface area contributed by atoms with Crippen molar-refractivity contribution in [1.82, 2.24) is 0 Å². The molecule has 0 aliphatic rings. The first-order valence-electron chi connectivity index (χ1n) is 17.5. The van der Waals surface area contributed by atoms with E-state index in [0.29, 0.717) is 0 Å². The molecule has 9 aromatic carbocycles. The molecule has 51 heavy (non-hydrogen) atoms. The molecule has 0 saturated carbocycles. The van der Waals surface area contributed by atoms with Crippen LogP contribution in [-0.4, -0.2) is 0 Å². The summed E-state index contributed by atoms with van der Waals surface area (Å²) in [5.41, 5.74) is 13.2. The predicted octanol–water partition coefficient (Wildman–Crippen LogP) is 14.1. The molecule has 0 atom stereocenters. The third-order valence-corrected chi connectivity index (χ3v) is 9.86. The minimum absolute atomic E-state index is 1.11. The van der Waals surface area contributed by atoms with Crippen molar-refractivity contribution in [2.45, 2.75) is 0 Å². The van der Waals surface area contributed by atoms with E-state index >= 15 is 0 Å². The summed E-state index contributed by atoms with van der Waals surface area (Å²) in [5, 5.41) is 5.04. The summed E-state index contributed by atoms with van der Waals surface area (Å²) in [5.74, 6) is 0. The van der Waals surface area contributed by atoms with Crippen LogP contribution in [0.1, 0.15) is 0 Å². The molecule has 0 N–H and O–H groups in total. The fourth-order valence-electron chi connectivity index (χ4n) is 7.44. The average molecular weight is 650 g/mol. The maximum Gasteiger partial charge on any atom is 0.0462 e. The summed E-state index contributed by atoms with van der Waals surface area (Å²) in [6.45, 7) is 0. The van der Waals surface area contributed by atoms with Crippen LogP contribution in [0, 0.1) is 0 Å². The van der Waals surface area contributed by atoms with Crippen molar-refractivity contribution in [2.75, 3.05) is 4.90 Å². The first-order valence-corrected chi connectivity index (χ1v) is 17.5. The van der Waals surface area contributed by atoms with Crippen LogP contribution in [0.25, 0.3) is 66.1 Å². The quantitative estimate of drug-likeness (QED) is 0.155. The highest BCUT2D eigenvalue weighted by molar-refractivity contribution is 6.22. The highest BCUT2D eigenvalue weighted by Gasteiger charge is 2.18. The number of benzene rings is 9. The molecule has 0 saturated heterocycles. The molecule has 1 heteroatoms. The minimum Gasteiger partial charge on any atom is -0.311 e.